The van der Waals surface area contributed by atoms with Crippen molar-refractivity contribution in [3.05, 3.63) is 76.7 Å². The number of amides is 1. The number of ether oxygens (including phenoxy) is 1. The predicted octanol–water partition coefficient (Wildman–Crippen LogP) is 4.33. The van der Waals surface area contributed by atoms with Crippen LogP contribution in [0.25, 0.3) is 21.3 Å². The molecule has 0 bridgehead atoms. The fourth-order valence-electron chi connectivity index (χ4n) is 3.10. The van der Waals surface area contributed by atoms with E-state index < -0.39 is 6.04 Å². The first-order valence-electron chi connectivity index (χ1n) is 9.07. The van der Waals surface area contributed by atoms with Gasteiger partial charge in [-0.3, -0.25) is 14.2 Å². The van der Waals surface area contributed by atoms with Crippen molar-refractivity contribution in [1.82, 2.24) is 9.55 Å². The molecule has 1 N–H and O–H groups in total. The zero-order chi connectivity index (χ0) is 20.4. The van der Waals surface area contributed by atoms with Gasteiger partial charge in [-0.1, -0.05) is 30.3 Å². The van der Waals surface area contributed by atoms with E-state index in [2.05, 4.69) is 10.3 Å². The van der Waals surface area contributed by atoms with Crippen LogP contribution < -0.4 is 15.6 Å². The second kappa shape index (κ2) is 7.89. The van der Waals surface area contributed by atoms with Crippen molar-refractivity contribution in [2.45, 2.75) is 13.0 Å². The molecule has 2 aromatic carbocycles. The number of rotatable bonds is 5. The van der Waals surface area contributed by atoms with E-state index in [1.165, 1.54) is 22.2 Å². The highest BCUT2D eigenvalue weighted by Crippen LogP contribution is 2.31. The molecule has 0 aliphatic heterocycles. The van der Waals surface area contributed by atoms with E-state index in [1.54, 1.807) is 26.2 Å². The molecule has 0 saturated carbocycles. The number of hydrogen-bond acceptors (Lipinski definition) is 5. The summed E-state index contributed by atoms with van der Waals surface area (Å²) in [6, 6.07) is 16.0. The molecular formula is C22H19N3O3S. The molecule has 7 heteroatoms. The summed E-state index contributed by atoms with van der Waals surface area (Å²) in [6.45, 7) is 1.69. The Morgan fingerprint density at radius 2 is 1.86 bits per heavy atom. The number of para-hydroxylation sites is 1. The second-order valence-electron chi connectivity index (χ2n) is 6.55. The highest BCUT2D eigenvalue weighted by atomic mass is 32.1. The molecule has 0 saturated heterocycles. The summed E-state index contributed by atoms with van der Waals surface area (Å²) >= 11 is 1.41. The second-order valence-corrected chi connectivity index (χ2v) is 7.40. The number of carbonyl (C=O) groups is 1. The summed E-state index contributed by atoms with van der Waals surface area (Å²) in [5.74, 6) is 0.468. The van der Waals surface area contributed by atoms with Gasteiger partial charge in [0, 0.05) is 16.6 Å². The highest BCUT2D eigenvalue weighted by Gasteiger charge is 2.20. The Hall–Kier alpha value is -3.45. The van der Waals surface area contributed by atoms with E-state index in [0.29, 0.717) is 15.9 Å². The van der Waals surface area contributed by atoms with Crippen LogP contribution in [0.15, 0.2) is 71.1 Å². The van der Waals surface area contributed by atoms with Crippen LogP contribution in [0, 0.1) is 0 Å². The van der Waals surface area contributed by atoms with E-state index in [9.17, 15) is 9.59 Å². The molecule has 0 aliphatic rings. The molecule has 2 heterocycles. The van der Waals surface area contributed by atoms with Crippen LogP contribution >= 0.6 is 11.3 Å². The lowest BCUT2D eigenvalue weighted by Crippen LogP contribution is -2.31. The summed E-state index contributed by atoms with van der Waals surface area (Å²) in [4.78, 5) is 30.9. The number of thiophene rings is 1. The predicted molar refractivity (Wildman–Crippen MR) is 116 cm³/mol. The Labute approximate surface area is 171 Å². The zero-order valence-electron chi connectivity index (χ0n) is 16.0. The minimum Gasteiger partial charge on any atom is -0.497 e. The Bertz CT molecular complexity index is 1210. The molecule has 4 aromatic rings. The first kappa shape index (κ1) is 18.9. The topological polar surface area (TPSA) is 73.2 Å². The Morgan fingerprint density at radius 1 is 1.14 bits per heavy atom. The third-order valence-electron chi connectivity index (χ3n) is 4.76. The molecule has 29 heavy (non-hydrogen) atoms. The van der Waals surface area contributed by atoms with Crippen molar-refractivity contribution in [3.8, 4) is 16.9 Å². The fourth-order valence-corrected chi connectivity index (χ4v) is 4.01. The molecule has 0 radical (unpaired) electrons. The van der Waals surface area contributed by atoms with Crippen LogP contribution in [0.3, 0.4) is 0 Å². The van der Waals surface area contributed by atoms with E-state index in [0.717, 1.165) is 16.9 Å². The first-order chi connectivity index (χ1) is 14.1. The number of nitrogens with zero attached hydrogens (tertiary/aromatic N) is 2. The lowest BCUT2D eigenvalue weighted by molar-refractivity contribution is -0.118. The largest absolute Gasteiger partial charge is 0.497 e. The fraction of sp³-hybridized carbons (Fsp3) is 0.136. The third kappa shape index (κ3) is 3.64. The van der Waals surface area contributed by atoms with Gasteiger partial charge in [0.05, 0.1) is 18.8 Å². The monoisotopic (exact) mass is 405 g/mol. The van der Waals surface area contributed by atoms with Gasteiger partial charge in [0.1, 0.15) is 16.6 Å². The van der Waals surface area contributed by atoms with Crippen LogP contribution in [0.2, 0.25) is 0 Å². The number of hydrogen-bond donors (Lipinski definition) is 1. The summed E-state index contributed by atoms with van der Waals surface area (Å²) in [5, 5.41) is 5.26. The molecule has 0 unspecified atom stereocenters. The number of aromatic nitrogens is 2. The molecule has 0 spiro atoms. The smallest absolute Gasteiger partial charge is 0.263 e. The lowest BCUT2D eigenvalue weighted by Gasteiger charge is -2.15. The van der Waals surface area contributed by atoms with E-state index >= 15 is 0 Å². The van der Waals surface area contributed by atoms with Gasteiger partial charge in [0.25, 0.3) is 5.56 Å². The molecule has 2 aromatic heterocycles. The van der Waals surface area contributed by atoms with Gasteiger partial charge in [-0.05, 0) is 36.8 Å². The summed E-state index contributed by atoms with van der Waals surface area (Å²) in [7, 11) is 1.61. The van der Waals surface area contributed by atoms with Crippen molar-refractivity contribution in [1.29, 1.82) is 0 Å². The standard InChI is InChI=1S/C22H19N3O3S/c1-14(20(26)24-16-6-4-3-5-7-16)25-13-23-21-19(22(25)27)18(12-29-21)15-8-10-17(28-2)11-9-15/h3-14H,1-2H3,(H,24,26)/t14-/m1/s1. The highest BCUT2D eigenvalue weighted by molar-refractivity contribution is 7.17. The van der Waals surface area contributed by atoms with Gasteiger partial charge >= 0.3 is 0 Å². The minimum absolute atomic E-state index is 0.238. The van der Waals surface area contributed by atoms with Crippen LogP contribution in [0.1, 0.15) is 13.0 Å². The Kier molecular flexibility index (Phi) is 5.14. The lowest BCUT2D eigenvalue weighted by atomic mass is 10.1. The van der Waals surface area contributed by atoms with Gasteiger partial charge in [0.2, 0.25) is 5.91 Å². The zero-order valence-corrected chi connectivity index (χ0v) is 16.8. The third-order valence-corrected chi connectivity index (χ3v) is 5.64. The van der Waals surface area contributed by atoms with Crippen molar-refractivity contribution < 1.29 is 9.53 Å². The number of carbonyl (C=O) groups excluding carboxylic acids is 1. The number of anilines is 1. The van der Waals surface area contributed by atoms with E-state index in [1.807, 2.05) is 47.8 Å². The SMILES string of the molecule is COc1ccc(-c2csc3ncn([C@H](C)C(=O)Nc4ccccc4)c(=O)c23)cc1. The molecule has 1 atom stereocenters. The summed E-state index contributed by atoms with van der Waals surface area (Å²) in [6.07, 6.45) is 1.44. The normalized spacial score (nSPS) is 11.9. The maximum absolute atomic E-state index is 13.2. The Balaban J connectivity index is 1.71. The van der Waals surface area contributed by atoms with Crippen LogP contribution in [-0.2, 0) is 4.79 Å². The van der Waals surface area contributed by atoms with E-state index in [-0.39, 0.29) is 11.5 Å². The molecule has 6 nitrogen and oxygen atoms in total. The van der Waals surface area contributed by atoms with Crippen molar-refractivity contribution in [2.75, 3.05) is 12.4 Å². The van der Waals surface area contributed by atoms with Gasteiger partial charge in [-0.15, -0.1) is 11.3 Å². The van der Waals surface area contributed by atoms with Crippen molar-refractivity contribution in [3.63, 3.8) is 0 Å². The molecule has 146 valence electrons. The van der Waals surface area contributed by atoms with Gasteiger partial charge in [-0.2, -0.15) is 0 Å². The molecular weight excluding hydrogens is 386 g/mol. The minimum atomic E-state index is -0.705. The van der Waals surface area contributed by atoms with E-state index in [4.69, 9.17) is 4.74 Å². The molecule has 0 aliphatic carbocycles. The number of benzene rings is 2. The Morgan fingerprint density at radius 3 is 2.55 bits per heavy atom. The average molecular weight is 405 g/mol. The maximum atomic E-state index is 13.2. The van der Waals surface area contributed by atoms with Gasteiger partial charge in [-0.25, -0.2) is 4.98 Å². The van der Waals surface area contributed by atoms with Crippen LogP contribution in [0.5, 0.6) is 5.75 Å². The van der Waals surface area contributed by atoms with Crippen molar-refractivity contribution in [2.24, 2.45) is 0 Å². The van der Waals surface area contributed by atoms with Gasteiger partial charge in [0.15, 0.2) is 0 Å². The number of fused-ring (bicyclic) bond motifs is 1. The molecule has 0 fully saturated rings. The molecule has 1 amide bonds. The quantitative estimate of drug-likeness (QED) is 0.536. The van der Waals surface area contributed by atoms with Crippen LogP contribution in [-0.4, -0.2) is 22.6 Å². The number of methoxy groups -OCH3 is 1. The first-order valence-corrected chi connectivity index (χ1v) is 9.95. The van der Waals surface area contributed by atoms with Crippen molar-refractivity contribution >= 4 is 33.1 Å². The van der Waals surface area contributed by atoms with Crippen LogP contribution in [0.4, 0.5) is 5.69 Å². The molecule has 4 rings (SSSR count). The number of nitrogens with one attached hydrogen (secondary N) is 1. The average Bonchev–Trinajstić information content (AvgIpc) is 3.19. The summed E-state index contributed by atoms with van der Waals surface area (Å²) in [5.41, 5.74) is 2.14. The maximum Gasteiger partial charge on any atom is 0.263 e. The van der Waals surface area contributed by atoms with Gasteiger partial charge < -0.3 is 10.1 Å². The summed E-state index contributed by atoms with van der Waals surface area (Å²) < 4.78 is 6.58.